The molecule has 210 valence electrons. The Labute approximate surface area is 229 Å². The molecule has 1 atom stereocenters. The summed E-state index contributed by atoms with van der Waals surface area (Å²) in [6, 6.07) is 21.2. The Bertz CT molecular complexity index is 1140. The van der Waals surface area contributed by atoms with Crippen LogP contribution >= 0.6 is 0 Å². The van der Waals surface area contributed by atoms with Crippen LogP contribution in [0.15, 0.2) is 72.9 Å². The minimum absolute atomic E-state index is 0.0451. The van der Waals surface area contributed by atoms with Gasteiger partial charge in [-0.25, -0.2) is 4.98 Å². The number of primary amides is 1. The van der Waals surface area contributed by atoms with E-state index < -0.39 is 11.9 Å². The van der Waals surface area contributed by atoms with E-state index in [9.17, 15) is 14.4 Å². The molecule has 3 aromatic rings. The van der Waals surface area contributed by atoms with Crippen LogP contribution in [-0.4, -0.2) is 49.4 Å². The van der Waals surface area contributed by atoms with Gasteiger partial charge in [0.15, 0.2) is 17.2 Å². The number of carbonyl (C=O) groups excluding carboxylic acids is 3. The quantitative estimate of drug-likeness (QED) is 0.291. The molecule has 2 aromatic carbocycles. The first-order valence-corrected chi connectivity index (χ1v) is 12.2. The minimum Gasteiger partial charge on any atom is -0.493 e. The number of ether oxygens (including phenoxy) is 5. The van der Waals surface area contributed by atoms with Crippen molar-refractivity contribution in [2.24, 2.45) is 5.73 Å². The average molecular weight is 541 g/mol. The smallest absolute Gasteiger partial charge is 0.305 e. The molecule has 0 saturated carbocycles. The molecule has 39 heavy (non-hydrogen) atoms. The first-order chi connectivity index (χ1) is 18.7. The van der Waals surface area contributed by atoms with Crippen molar-refractivity contribution < 1.29 is 38.1 Å². The molecule has 3 rings (SSSR count). The van der Waals surface area contributed by atoms with Crippen molar-refractivity contribution in [1.82, 2.24) is 4.98 Å². The molecule has 0 spiro atoms. The van der Waals surface area contributed by atoms with Gasteiger partial charge in [0.05, 0.1) is 7.11 Å². The molecule has 0 aliphatic carbocycles. The number of nitrogens with zero attached hydrogens (tertiary/aromatic N) is 1. The fourth-order valence-electron chi connectivity index (χ4n) is 2.69. The summed E-state index contributed by atoms with van der Waals surface area (Å²) in [5.41, 5.74) is 6.36. The topological polar surface area (TPSA) is 136 Å². The van der Waals surface area contributed by atoms with Crippen molar-refractivity contribution in [2.45, 2.75) is 40.2 Å². The van der Waals surface area contributed by atoms with Crippen molar-refractivity contribution in [1.29, 1.82) is 0 Å². The highest BCUT2D eigenvalue weighted by Gasteiger charge is 2.16. The van der Waals surface area contributed by atoms with E-state index in [0.717, 1.165) is 5.75 Å². The SMILES string of the molecule is CCC(=O)OCC(C)Oc1ccccc1.COc1ccnc(C(N)=O)c1OCOC(C)=O.Cc1ccccc1. The first-order valence-electron chi connectivity index (χ1n) is 12.2. The van der Waals surface area contributed by atoms with Crippen LogP contribution in [0.4, 0.5) is 0 Å². The van der Waals surface area contributed by atoms with Crippen molar-refractivity contribution in [3.8, 4) is 17.2 Å². The molecule has 0 fully saturated rings. The molecule has 10 heteroatoms. The van der Waals surface area contributed by atoms with Gasteiger partial charge in [-0.3, -0.25) is 14.4 Å². The third-order valence-corrected chi connectivity index (χ3v) is 4.58. The second kappa shape index (κ2) is 18.6. The van der Waals surface area contributed by atoms with Crippen LogP contribution in [0.1, 0.15) is 43.2 Å². The van der Waals surface area contributed by atoms with E-state index in [1.165, 1.54) is 31.9 Å². The average Bonchev–Trinajstić information content (AvgIpc) is 2.93. The summed E-state index contributed by atoms with van der Waals surface area (Å²) in [4.78, 5) is 36.3. The zero-order chi connectivity index (χ0) is 29.0. The molecule has 0 saturated heterocycles. The summed E-state index contributed by atoms with van der Waals surface area (Å²) in [5, 5.41) is 0. The minimum atomic E-state index is -0.762. The van der Waals surface area contributed by atoms with Gasteiger partial charge in [0.25, 0.3) is 5.91 Å². The second-order valence-corrected chi connectivity index (χ2v) is 7.89. The Morgan fingerprint density at radius 1 is 0.949 bits per heavy atom. The summed E-state index contributed by atoms with van der Waals surface area (Å²) < 4.78 is 25.2. The number of carbonyl (C=O) groups is 3. The standard InChI is InChI=1S/C12H16O3.C10H12N2O5.C7H8/c1-3-12(13)14-9-10(2)15-11-7-5-4-6-8-11;1-6(13)16-5-17-9-7(15-2)3-4-12-8(9)10(11)14;1-7-5-3-2-4-6-7/h4-8,10H,3,9H2,1-2H3;3-4H,5H2,1-2H3,(H2,11,14);2-6H,1H3. The molecule has 0 bridgehead atoms. The van der Waals surface area contributed by atoms with Gasteiger partial charge in [0, 0.05) is 25.6 Å². The number of hydrogen-bond acceptors (Lipinski definition) is 9. The van der Waals surface area contributed by atoms with Crippen LogP contribution in [0.5, 0.6) is 17.2 Å². The number of rotatable bonds is 10. The van der Waals surface area contributed by atoms with Gasteiger partial charge < -0.3 is 29.4 Å². The number of benzene rings is 2. The number of para-hydroxylation sites is 1. The molecular weight excluding hydrogens is 504 g/mol. The van der Waals surface area contributed by atoms with Crippen LogP contribution in [0, 0.1) is 6.92 Å². The van der Waals surface area contributed by atoms with E-state index >= 15 is 0 Å². The fourth-order valence-corrected chi connectivity index (χ4v) is 2.69. The highest BCUT2D eigenvalue weighted by atomic mass is 16.7. The zero-order valence-corrected chi connectivity index (χ0v) is 22.9. The van der Waals surface area contributed by atoms with Gasteiger partial charge in [-0.15, -0.1) is 0 Å². The lowest BCUT2D eigenvalue weighted by atomic mass is 10.2. The van der Waals surface area contributed by atoms with E-state index in [1.54, 1.807) is 6.92 Å². The molecule has 1 aromatic heterocycles. The maximum Gasteiger partial charge on any atom is 0.305 e. The lowest BCUT2D eigenvalue weighted by molar-refractivity contribution is -0.147. The number of aromatic nitrogens is 1. The van der Waals surface area contributed by atoms with E-state index in [1.807, 2.05) is 55.5 Å². The van der Waals surface area contributed by atoms with Gasteiger partial charge in [-0.05, 0) is 26.0 Å². The lowest BCUT2D eigenvalue weighted by Gasteiger charge is -2.14. The number of nitrogens with two attached hydrogens (primary N) is 1. The normalized spacial score (nSPS) is 10.3. The maximum absolute atomic E-state index is 11.1. The van der Waals surface area contributed by atoms with Crippen molar-refractivity contribution in [3.63, 3.8) is 0 Å². The van der Waals surface area contributed by atoms with E-state index in [0.29, 0.717) is 13.0 Å². The van der Waals surface area contributed by atoms with E-state index in [4.69, 9.17) is 24.7 Å². The van der Waals surface area contributed by atoms with Gasteiger partial charge in [0.2, 0.25) is 6.79 Å². The van der Waals surface area contributed by atoms with Crippen LogP contribution in [-0.2, 0) is 19.1 Å². The predicted molar refractivity (Wildman–Crippen MR) is 146 cm³/mol. The van der Waals surface area contributed by atoms with Gasteiger partial charge in [0.1, 0.15) is 18.5 Å². The molecule has 1 unspecified atom stereocenters. The Hall–Kier alpha value is -4.60. The van der Waals surface area contributed by atoms with Crippen molar-refractivity contribution in [3.05, 3.63) is 84.2 Å². The van der Waals surface area contributed by atoms with Crippen LogP contribution in [0.3, 0.4) is 0 Å². The largest absolute Gasteiger partial charge is 0.493 e. The van der Waals surface area contributed by atoms with Gasteiger partial charge in [-0.2, -0.15) is 0 Å². The molecule has 0 aliphatic rings. The highest BCUT2D eigenvalue weighted by Crippen LogP contribution is 2.29. The Balaban J connectivity index is 0.000000315. The summed E-state index contributed by atoms with van der Waals surface area (Å²) in [6.07, 6.45) is 1.64. The highest BCUT2D eigenvalue weighted by molar-refractivity contribution is 5.94. The monoisotopic (exact) mass is 540 g/mol. The summed E-state index contributed by atoms with van der Waals surface area (Å²) in [7, 11) is 1.40. The molecule has 1 amide bonds. The Morgan fingerprint density at radius 3 is 2.05 bits per heavy atom. The second-order valence-electron chi connectivity index (χ2n) is 7.89. The van der Waals surface area contributed by atoms with E-state index in [2.05, 4.69) is 28.8 Å². The van der Waals surface area contributed by atoms with Gasteiger partial charge >= 0.3 is 11.9 Å². The molecule has 2 N–H and O–H groups in total. The summed E-state index contributed by atoms with van der Waals surface area (Å²) in [6.45, 7) is 6.90. The number of esters is 2. The number of aryl methyl sites for hydroxylation is 1. The summed E-state index contributed by atoms with van der Waals surface area (Å²) in [5.74, 6) is -0.351. The maximum atomic E-state index is 11.1. The predicted octanol–water partition coefficient (Wildman–Crippen LogP) is 4.49. The molecule has 10 nitrogen and oxygen atoms in total. The van der Waals surface area contributed by atoms with Crippen molar-refractivity contribution >= 4 is 17.8 Å². The lowest BCUT2D eigenvalue weighted by Crippen LogP contribution is -2.21. The Morgan fingerprint density at radius 2 is 1.56 bits per heavy atom. The van der Waals surface area contributed by atoms with Gasteiger partial charge in [-0.1, -0.05) is 61.0 Å². The zero-order valence-electron chi connectivity index (χ0n) is 22.9. The van der Waals surface area contributed by atoms with Crippen LogP contribution in [0.25, 0.3) is 0 Å². The van der Waals surface area contributed by atoms with Crippen molar-refractivity contribution in [2.75, 3.05) is 20.5 Å². The van der Waals surface area contributed by atoms with Crippen LogP contribution in [0.2, 0.25) is 0 Å². The molecule has 1 heterocycles. The molecule has 0 radical (unpaired) electrons. The Kier molecular flexibility index (Phi) is 15.5. The third-order valence-electron chi connectivity index (χ3n) is 4.58. The fraction of sp³-hybridized carbons (Fsp3) is 0.310. The third kappa shape index (κ3) is 14.1. The number of hydrogen-bond donors (Lipinski definition) is 1. The van der Waals surface area contributed by atoms with Crippen LogP contribution < -0.4 is 19.9 Å². The number of methoxy groups -OCH3 is 1. The molecular formula is C29H36N2O8. The summed E-state index contributed by atoms with van der Waals surface area (Å²) >= 11 is 0. The number of amides is 1. The molecule has 0 aliphatic heterocycles. The first kappa shape index (κ1) is 32.4. The van der Waals surface area contributed by atoms with E-state index in [-0.39, 0.29) is 36.1 Å². The number of pyridine rings is 1.